The van der Waals surface area contributed by atoms with Crippen LogP contribution in [0, 0.1) is 13.8 Å². The van der Waals surface area contributed by atoms with Crippen LogP contribution in [0.25, 0.3) is 0 Å². The molecule has 1 aromatic carbocycles. The van der Waals surface area contributed by atoms with Crippen LogP contribution in [0.5, 0.6) is 5.75 Å². The molecule has 0 saturated heterocycles. The Morgan fingerprint density at radius 3 is 2.62 bits per heavy atom. The molecule has 1 aromatic rings. The first-order valence-corrected chi connectivity index (χ1v) is 6.47. The van der Waals surface area contributed by atoms with Crippen LogP contribution >= 0.6 is 11.6 Å². The number of hydrogen-bond donors (Lipinski definition) is 0. The lowest BCUT2D eigenvalue weighted by Gasteiger charge is -2.46. The molecule has 1 nitrogen and oxygen atoms in total. The van der Waals surface area contributed by atoms with E-state index in [2.05, 4.69) is 19.9 Å². The topological polar surface area (TPSA) is 9.23 Å². The fourth-order valence-corrected chi connectivity index (χ4v) is 3.14. The lowest BCUT2D eigenvalue weighted by Crippen LogP contribution is -2.46. The number of rotatable bonds is 0. The maximum Gasteiger partial charge on any atom is 0.127 e. The highest BCUT2D eigenvalue weighted by molar-refractivity contribution is 6.31. The van der Waals surface area contributed by atoms with Gasteiger partial charge in [0.1, 0.15) is 11.4 Å². The van der Waals surface area contributed by atoms with Crippen LogP contribution in [0.4, 0.5) is 0 Å². The van der Waals surface area contributed by atoms with Crippen LogP contribution in [-0.4, -0.2) is 5.60 Å². The molecule has 1 spiro atoms. The van der Waals surface area contributed by atoms with Crippen LogP contribution in [0.2, 0.25) is 5.02 Å². The van der Waals surface area contributed by atoms with E-state index in [0.29, 0.717) is 0 Å². The number of fused-ring (bicyclic) bond motifs is 1. The van der Waals surface area contributed by atoms with Gasteiger partial charge >= 0.3 is 0 Å². The minimum atomic E-state index is 0.162. The van der Waals surface area contributed by atoms with Crippen LogP contribution < -0.4 is 4.74 Å². The summed E-state index contributed by atoms with van der Waals surface area (Å²) in [5.74, 6) is 1.08. The van der Waals surface area contributed by atoms with Gasteiger partial charge in [-0.3, -0.25) is 0 Å². The minimum absolute atomic E-state index is 0.162. The molecule has 1 aliphatic carbocycles. The summed E-state index contributed by atoms with van der Waals surface area (Å²) in [5, 5.41) is 0.840. The first-order chi connectivity index (χ1) is 7.61. The van der Waals surface area contributed by atoms with Gasteiger partial charge in [-0.25, -0.2) is 0 Å². The van der Waals surface area contributed by atoms with Gasteiger partial charge in [-0.1, -0.05) is 11.6 Å². The van der Waals surface area contributed by atoms with Crippen molar-refractivity contribution in [2.75, 3.05) is 0 Å². The van der Waals surface area contributed by atoms with Crippen molar-refractivity contribution in [1.29, 1.82) is 0 Å². The van der Waals surface area contributed by atoms with Crippen molar-refractivity contribution in [1.82, 2.24) is 0 Å². The van der Waals surface area contributed by atoms with Crippen LogP contribution in [0.1, 0.15) is 42.4 Å². The van der Waals surface area contributed by atoms with E-state index >= 15 is 0 Å². The van der Waals surface area contributed by atoms with Gasteiger partial charge in [-0.05, 0) is 63.1 Å². The third kappa shape index (κ3) is 1.37. The van der Waals surface area contributed by atoms with Crippen molar-refractivity contribution in [3.63, 3.8) is 0 Å². The summed E-state index contributed by atoms with van der Waals surface area (Å²) < 4.78 is 6.26. The predicted octanol–water partition coefficient (Wildman–Crippen LogP) is 4.20. The maximum absolute atomic E-state index is 6.26. The molecule has 0 bridgehead atoms. The summed E-state index contributed by atoms with van der Waals surface area (Å²) >= 11 is 6.23. The largest absolute Gasteiger partial charge is 0.487 e. The summed E-state index contributed by atoms with van der Waals surface area (Å²) in [4.78, 5) is 0. The molecule has 3 rings (SSSR count). The molecule has 0 aromatic heterocycles. The molecular formula is C14H17ClO. The SMILES string of the molecule is Cc1cc(Cl)c(C)c2c1CCC1(CCC1)O2. The van der Waals surface area contributed by atoms with Crippen LogP contribution in [0.15, 0.2) is 6.07 Å². The predicted molar refractivity (Wildman–Crippen MR) is 66.5 cm³/mol. The molecule has 0 radical (unpaired) electrons. The zero-order valence-corrected chi connectivity index (χ0v) is 10.7. The highest BCUT2D eigenvalue weighted by Gasteiger charge is 2.42. The van der Waals surface area contributed by atoms with E-state index in [9.17, 15) is 0 Å². The van der Waals surface area contributed by atoms with Gasteiger partial charge in [-0.15, -0.1) is 0 Å². The first-order valence-electron chi connectivity index (χ1n) is 6.09. The molecule has 0 atom stereocenters. The van der Waals surface area contributed by atoms with Crippen molar-refractivity contribution in [3.05, 3.63) is 27.8 Å². The van der Waals surface area contributed by atoms with Gasteiger partial charge in [0.15, 0.2) is 0 Å². The quantitative estimate of drug-likeness (QED) is 0.656. The third-order valence-corrected chi connectivity index (χ3v) is 4.60. The second-order valence-electron chi connectivity index (χ2n) is 5.25. The zero-order valence-electron chi connectivity index (χ0n) is 9.90. The Kier molecular flexibility index (Phi) is 2.22. The number of halogens is 1. The monoisotopic (exact) mass is 236 g/mol. The molecule has 1 heterocycles. The number of ether oxygens (including phenoxy) is 1. The minimum Gasteiger partial charge on any atom is -0.487 e. The molecule has 0 N–H and O–H groups in total. The molecule has 16 heavy (non-hydrogen) atoms. The Morgan fingerprint density at radius 1 is 1.25 bits per heavy atom. The summed E-state index contributed by atoms with van der Waals surface area (Å²) in [6, 6.07) is 2.07. The average Bonchev–Trinajstić information content (AvgIpc) is 2.23. The van der Waals surface area contributed by atoms with Gasteiger partial charge < -0.3 is 4.74 Å². The fourth-order valence-electron chi connectivity index (χ4n) is 2.89. The van der Waals surface area contributed by atoms with Crippen LogP contribution in [-0.2, 0) is 6.42 Å². The number of hydrogen-bond acceptors (Lipinski definition) is 1. The zero-order chi connectivity index (χ0) is 11.3. The first kappa shape index (κ1) is 10.5. The summed E-state index contributed by atoms with van der Waals surface area (Å²) in [7, 11) is 0. The van der Waals surface area contributed by atoms with E-state index in [1.54, 1.807) is 0 Å². The molecule has 1 fully saturated rings. The van der Waals surface area contributed by atoms with Gasteiger partial charge in [0.25, 0.3) is 0 Å². The van der Waals surface area contributed by atoms with E-state index in [1.165, 1.54) is 36.8 Å². The average molecular weight is 237 g/mol. The Bertz CT molecular complexity index is 447. The Labute approximate surface area is 102 Å². The van der Waals surface area contributed by atoms with E-state index in [0.717, 1.165) is 22.8 Å². The van der Waals surface area contributed by atoms with Gasteiger partial charge in [-0.2, -0.15) is 0 Å². The third-order valence-electron chi connectivity index (χ3n) is 4.21. The van der Waals surface area contributed by atoms with Gasteiger partial charge in [0.05, 0.1) is 0 Å². The highest BCUT2D eigenvalue weighted by atomic mass is 35.5. The normalized spacial score (nSPS) is 21.2. The molecule has 86 valence electrons. The fraction of sp³-hybridized carbons (Fsp3) is 0.571. The number of aryl methyl sites for hydroxylation is 1. The summed E-state index contributed by atoms with van der Waals surface area (Å²) in [5.41, 5.74) is 3.93. The van der Waals surface area contributed by atoms with E-state index in [-0.39, 0.29) is 5.60 Å². The Morgan fingerprint density at radius 2 is 2.00 bits per heavy atom. The molecule has 2 heteroatoms. The molecular weight excluding hydrogens is 220 g/mol. The standard InChI is InChI=1S/C14H17ClO/c1-9-8-12(15)10(2)13-11(9)4-7-14(16-13)5-3-6-14/h8H,3-7H2,1-2H3. The molecule has 0 amide bonds. The maximum atomic E-state index is 6.26. The van der Waals surface area contributed by atoms with Gasteiger partial charge in [0, 0.05) is 10.6 Å². The lowest BCUT2D eigenvalue weighted by molar-refractivity contribution is -0.0256. The van der Waals surface area contributed by atoms with Crippen molar-refractivity contribution in [2.45, 2.75) is 51.6 Å². The van der Waals surface area contributed by atoms with E-state index in [4.69, 9.17) is 16.3 Å². The summed E-state index contributed by atoms with van der Waals surface area (Å²) in [6.45, 7) is 4.20. The van der Waals surface area contributed by atoms with Crippen molar-refractivity contribution in [3.8, 4) is 5.75 Å². The van der Waals surface area contributed by atoms with E-state index < -0.39 is 0 Å². The Balaban J connectivity index is 2.08. The molecule has 2 aliphatic rings. The lowest BCUT2D eigenvalue weighted by atomic mass is 9.74. The Hall–Kier alpha value is -0.690. The van der Waals surface area contributed by atoms with Crippen molar-refractivity contribution in [2.24, 2.45) is 0 Å². The molecule has 0 unspecified atom stereocenters. The van der Waals surface area contributed by atoms with Crippen LogP contribution in [0.3, 0.4) is 0 Å². The smallest absolute Gasteiger partial charge is 0.127 e. The second-order valence-corrected chi connectivity index (χ2v) is 5.65. The van der Waals surface area contributed by atoms with Crippen molar-refractivity contribution >= 4 is 11.6 Å². The molecule has 1 aliphatic heterocycles. The number of benzene rings is 1. The second kappa shape index (κ2) is 3.40. The van der Waals surface area contributed by atoms with Gasteiger partial charge in [0.2, 0.25) is 0 Å². The summed E-state index contributed by atoms with van der Waals surface area (Å²) in [6.07, 6.45) is 6.09. The van der Waals surface area contributed by atoms with E-state index in [1.807, 2.05) is 0 Å². The van der Waals surface area contributed by atoms with Crippen molar-refractivity contribution < 1.29 is 4.74 Å². The molecule has 1 saturated carbocycles. The highest BCUT2D eigenvalue weighted by Crippen LogP contribution is 2.47.